The fourth-order valence-corrected chi connectivity index (χ4v) is 0. The second-order valence-corrected chi connectivity index (χ2v) is 0.289. The molecule has 0 aliphatic rings. The van der Waals surface area contributed by atoms with Gasteiger partial charge in [0.25, 0.3) is 0 Å². The van der Waals surface area contributed by atoms with Crippen molar-refractivity contribution in [2.24, 2.45) is 0 Å². The van der Waals surface area contributed by atoms with E-state index in [-0.39, 0.29) is 0 Å². The second-order valence-electron chi connectivity index (χ2n) is 0.289. The predicted molar refractivity (Wildman–Crippen MR) is 8.51 cm³/mol. The minimum absolute atomic E-state index is 0.750. The molecule has 0 amide bonds. The maximum atomic E-state index is 7.11. The molecule has 0 aliphatic carbocycles. The zero-order chi connectivity index (χ0) is 3.58. The largest absolute Gasteiger partial charge is 0.275 e. The van der Waals surface area contributed by atoms with Crippen LogP contribution in [0.15, 0.2) is 0 Å². The second kappa shape index (κ2) is 1.19. The molecule has 0 saturated carbocycles. The van der Waals surface area contributed by atoms with Crippen molar-refractivity contribution in [2.75, 3.05) is 0 Å². The molecule has 0 heterocycles. The van der Waals surface area contributed by atoms with E-state index in [1.807, 2.05) is 0 Å². The van der Waals surface area contributed by atoms with E-state index < -0.39 is 5.34 Å². The molecule has 0 aromatic rings. The summed E-state index contributed by atoms with van der Waals surface area (Å²) in [5.41, 5.74) is 0. The molecular weight excluding hydrogens is 60.0 g/mol. The molecule has 0 spiro atoms. The molecule has 4 heteroatoms. The van der Waals surface area contributed by atoms with Crippen LogP contribution in [-0.2, 0) is 0 Å². The number of hydrogen-bond acceptors (Lipinski definition) is 3. The first-order valence-corrected chi connectivity index (χ1v) is 0.624. The molecule has 0 aliphatic heterocycles. The average Bonchev–Trinajstić information content (AvgIpc) is 0.811. The van der Waals surface area contributed by atoms with Crippen LogP contribution in [0.3, 0.4) is 0 Å². The highest BCUT2D eigenvalue weighted by atomic mass is 16.8. The summed E-state index contributed by atoms with van der Waals surface area (Å²) < 4.78 is 0. The molecular formula is H3N2O2. The van der Waals surface area contributed by atoms with Crippen molar-refractivity contribution in [3.63, 3.8) is 0 Å². The van der Waals surface area contributed by atoms with Crippen molar-refractivity contribution in [2.45, 2.75) is 0 Å². The summed E-state index contributed by atoms with van der Waals surface area (Å²) in [6, 6.07) is 0. The molecule has 0 bridgehead atoms. The minimum Gasteiger partial charge on any atom is -0.275 e. The molecule has 0 rings (SSSR count). The molecule has 25 valence electrons. The van der Waals surface area contributed by atoms with E-state index in [1.165, 1.54) is 0 Å². The first-order chi connectivity index (χ1) is 1.73. The average molecular weight is 63.0 g/mol. The molecule has 1 radical (unpaired) electrons. The molecule has 3 N–H and O–H groups in total. The van der Waals surface area contributed by atoms with E-state index in [0.29, 0.717) is 0 Å². The van der Waals surface area contributed by atoms with E-state index in [1.54, 1.807) is 0 Å². The van der Waals surface area contributed by atoms with Gasteiger partial charge in [-0.2, -0.15) is 0 Å². The lowest BCUT2D eigenvalue weighted by atomic mass is 12.7. The Kier molecular flexibility index (Phi) is 1.14. The minimum atomic E-state index is -0.750. The van der Waals surface area contributed by atoms with E-state index in [0.717, 1.165) is 0 Å². The van der Waals surface area contributed by atoms with Gasteiger partial charge in [-0.1, -0.05) is 0 Å². The van der Waals surface area contributed by atoms with Crippen LogP contribution in [-0.4, -0.2) is 15.8 Å². The standard InChI is InChI=1S/H3N2O2/c1-2(3)4/h1,3-4H. The smallest absolute Gasteiger partial charge is 0.0211 e. The summed E-state index contributed by atoms with van der Waals surface area (Å²) in [5.74, 6) is 5.53. The Morgan fingerprint density at radius 3 is 1.50 bits per heavy atom. The topological polar surface area (TPSA) is 67.5 Å². The van der Waals surface area contributed by atoms with Gasteiger partial charge in [0.1, 0.15) is 0 Å². The Bertz CT molecular complexity index is 8.75. The lowest BCUT2D eigenvalue weighted by Crippen LogP contribution is -2.07. The highest BCUT2D eigenvalue weighted by Gasteiger charge is 1.64. The molecule has 0 aromatic carbocycles. The van der Waals surface area contributed by atoms with Gasteiger partial charge in [-0.25, -0.2) is 0 Å². The van der Waals surface area contributed by atoms with Gasteiger partial charge in [0.05, 0.1) is 0 Å². The maximum absolute atomic E-state index is 7.11. The van der Waals surface area contributed by atoms with Crippen LogP contribution in [0, 0.1) is 0 Å². The predicted octanol–water partition coefficient (Wildman–Crippen LogP) is -0.735. The SMILES string of the molecule is [NH]N(O)O. The van der Waals surface area contributed by atoms with Crippen molar-refractivity contribution in [1.29, 1.82) is 0 Å². The Morgan fingerprint density at radius 1 is 1.50 bits per heavy atom. The van der Waals surface area contributed by atoms with Crippen LogP contribution in [0.2, 0.25) is 0 Å². The Labute approximate surface area is 22.9 Å². The van der Waals surface area contributed by atoms with Crippen LogP contribution in [0.4, 0.5) is 0 Å². The third-order valence-corrected chi connectivity index (χ3v) is 0. The van der Waals surface area contributed by atoms with Crippen LogP contribution >= 0.6 is 0 Å². The third kappa shape index (κ3) is 50.7. The summed E-state index contributed by atoms with van der Waals surface area (Å²) in [6.07, 6.45) is 0. The Hall–Kier alpha value is -0.160. The third-order valence-electron chi connectivity index (χ3n) is 0. The number of hydrogen-bond donors (Lipinski definition) is 2. The molecule has 0 unspecified atom stereocenters. The van der Waals surface area contributed by atoms with E-state index in [2.05, 4.69) is 0 Å². The number of rotatable bonds is 0. The van der Waals surface area contributed by atoms with Gasteiger partial charge < -0.3 is 0 Å². The lowest BCUT2D eigenvalue weighted by Gasteiger charge is -1.84. The van der Waals surface area contributed by atoms with Crippen LogP contribution < -0.4 is 5.84 Å². The van der Waals surface area contributed by atoms with Gasteiger partial charge >= 0.3 is 0 Å². The molecule has 4 nitrogen and oxygen atoms in total. The maximum Gasteiger partial charge on any atom is 0.0211 e. The zero-order valence-electron chi connectivity index (χ0n) is 1.84. The lowest BCUT2D eigenvalue weighted by molar-refractivity contribution is -0.318. The van der Waals surface area contributed by atoms with E-state index in [9.17, 15) is 0 Å². The van der Waals surface area contributed by atoms with Crippen LogP contribution in [0.5, 0.6) is 0 Å². The quantitative estimate of drug-likeness (QED) is 0.364. The van der Waals surface area contributed by atoms with Crippen molar-refractivity contribution in [3.05, 3.63) is 0 Å². The number of nitrogens with one attached hydrogen (secondary N) is 1. The molecule has 4 heavy (non-hydrogen) atoms. The van der Waals surface area contributed by atoms with Crippen LogP contribution in [0.1, 0.15) is 0 Å². The van der Waals surface area contributed by atoms with E-state index >= 15 is 0 Å². The van der Waals surface area contributed by atoms with Gasteiger partial charge in [0.15, 0.2) is 0 Å². The number of nitrogens with zero attached hydrogens (tertiary/aromatic N) is 1. The summed E-state index contributed by atoms with van der Waals surface area (Å²) in [5, 5.41) is 13.5. The monoisotopic (exact) mass is 63.0 g/mol. The summed E-state index contributed by atoms with van der Waals surface area (Å²) in [4.78, 5) is 0. The molecule has 0 fully saturated rings. The first kappa shape index (κ1) is 3.84. The van der Waals surface area contributed by atoms with E-state index in [4.69, 9.17) is 16.3 Å². The van der Waals surface area contributed by atoms with Gasteiger partial charge in [-0.15, -0.1) is 5.84 Å². The van der Waals surface area contributed by atoms with Crippen molar-refractivity contribution in [1.82, 2.24) is 11.2 Å². The summed E-state index contributed by atoms with van der Waals surface area (Å²) in [6.45, 7) is 0. The molecule has 0 atom stereocenters. The van der Waals surface area contributed by atoms with Crippen LogP contribution in [0.25, 0.3) is 0 Å². The Morgan fingerprint density at radius 2 is 1.50 bits per heavy atom. The van der Waals surface area contributed by atoms with Crippen molar-refractivity contribution < 1.29 is 10.4 Å². The zero-order valence-corrected chi connectivity index (χ0v) is 1.84. The van der Waals surface area contributed by atoms with Crippen molar-refractivity contribution >= 4 is 0 Å². The highest BCUT2D eigenvalue weighted by Crippen LogP contribution is 1.40. The summed E-state index contributed by atoms with van der Waals surface area (Å²) in [7, 11) is 0. The first-order valence-electron chi connectivity index (χ1n) is 0.624. The van der Waals surface area contributed by atoms with Gasteiger partial charge in [0, 0.05) is 5.34 Å². The Balaban J connectivity index is 2.32. The van der Waals surface area contributed by atoms with Gasteiger partial charge in [0.2, 0.25) is 0 Å². The summed E-state index contributed by atoms with van der Waals surface area (Å²) >= 11 is 0. The van der Waals surface area contributed by atoms with Gasteiger partial charge in [-0.3, -0.25) is 10.4 Å². The normalized spacial score (nSPS) is 9.00. The van der Waals surface area contributed by atoms with Gasteiger partial charge in [-0.05, 0) is 0 Å². The highest BCUT2D eigenvalue weighted by molar-refractivity contribution is 3.40. The molecule has 0 aromatic heterocycles. The fourth-order valence-electron chi connectivity index (χ4n) is 0. The van der Waals surface area contributed by atoms with Crippen molar-refractivity contribution in [3.8, 4) is 0 Å². The fraction of sp³-hybridized carbons (Fsp3) is 0. The molecule has 0 saturated heterocycles.